The Bertz CT molecular complexity index is 478. The van der Waals surface area contributed by atoms with Crippen molar-refractivity contribution in [1.82, 2.24) is 4.90 Å². The number of hydrogen-bond acceptors (Lipinski definition) is 3. The summed E-state index contributed by atoms with van der Waals surface area (Å²) in [6.07, 6.45) is -2.68. The van der Waals surface area contributed by atoms with Gasteiger partial charge in [0.25, 0.3) is 0 Å². The summed E-state index contributed by atoms with van der Waals surface area (Å²) in [6.45, 7) is 0.384. The number of rotatable bonds is 4. The van der Waals surface area contributed by atoms with E-state index in [1.165, 1.54) is 12.0 Å². The molecule has 0 bridgehead atoms. The molecule has 5 nitrogen and oxygen atoms in total. The van der Waals surface area contributed by atoms with E-state index in [2.05, 4.69) is 0 Å². The molecule has 8 heteroatoms. The second kappa shape index (κ2) is 7.29. The molecule has 0 aromatic carbocycles. The monoisotopic (exact) mass is 351 g/mol. The van der Waals surface area contributed by atoms with Gasteiger partial charge in [-0.25, -0.2) is 0 Å². The molecule has 1 amide bonds. The van der Waals surface area contributed by atoms with Gasteiger partial charge in [-0.2, -0.15) is 13.2 Å². The fourth-order valence-electron chi connectivity index (χ4n) is 3.92. The number of nitrogens with zero attached hydrogens (tertiary/aromatic N) is 1. The molecule has 1 aliphatic heterocycles. The van der Waals surface area contributed by atoms with E-state index in [0.717, 1.165) is 0 Å². The standard InChI is InChI=1S/C16H24F3NO4/c1-24-10-15(14(22)23)6-3-7-20(9-15)13(21)11-4-2-5-12(8-11)16(17,18)19/h11-12H,2-10H2,1H3,(H,22,23). The minimum Gasteiger partial charge on any atom is -0.481 e. The van der Waals surface area contributed by atoms with Gasteiger partial charge < -0.3 is 14.7 Å². The fraction of sp³-hybridized carbons (Fsp3) is 0.875. The number of alkyl halides is 3. The second-order valence-electron chi connectivity index (χ2n) is 6.98. The van der Waals surface area contributed by atoms with E-state index < -0.39 is 29.4 Å². The molecule has 1 N–H and O–H groups in total. The van der Waals surface area contributed by atoms with Crippen LogP contribution in [0.1, 0.15) is 38.5 Å². The zero-order valence-corrected chi connectivity index (χ0v) is 13.8. The third kappa shape index (κ3) is 4.02. The second-order valence-corrected chi connectivity index (χ2v) is 6.98. The maximum absolute atomic E-state index is 12.9. The summed E-state index contributed by atoms with van der Waals surface area (Å²) in [4.78, 5) is 25.7. The third-order valence-electron chi connectivity index (χ3n) is 5.25. The van der Waals surface area contributed by atoms with Crippen LogP contribution >= 0.6 is 0 Å². The maximum Gasteiger partial charge on any atom is 0.391 e. The first-order chi connectivity index (χ1) is 11.2. The first kappa shape index (κ1) is 19.0. The van der Waals surface area contributed by atoms with Crippen LogP contribution in [-0.4, -0.2) is 54.9 Å². The van der Waals surface area contributed by atoms with Crippen molar-refractivity contribution in [2.45, 2.75) is 44.7 Å². The average Bonchev–Trinajstić information content (AvgIpc) is 2.54. The van der Waals surface area contributed by atoms with Crippen molar-refractivity contribution >= 4 is 11.9 Å². The zero-order valence-electron chi connectivity index (χ0n) is 13.8. The Morgan fingerprint density at radius 3 is 2.58 bits per heavy atom. The van der Waals surface area contributed by atoms with Gasteiger partial charge in [-0.3, -0.25) is 9.59 Å². The number of carboxylic acids is 1. The van der Waals surface area contributed by atoms with Gasteiger partial charge in [0.15, 0.2) is 0 Å². The van der Waals surface area contributed by atoms with Crippen molar-refractivity contribution in [3.8, 4) is 0 Å². The van der Waals surface area contributed by atoms with E-state index in [4.69, 9.17) is 4.74 Å². The van der Waals surface area contributed by atoms with E-state index in [0.29, 0.717) is 32.2 Å². The predicted molar refractivity (Wildman–Crippen MR) is 79.3 cm³/mol. The Morgan fingerprint density at radius 1 is 1.29 bits per heavy atom. The highest BCUT2D eigenvalue weighted by Gasteiger charge is 2.47. The van der Waals surface area contributed by atoms with Crippen LogP contribution in [0.25, 0.3) is 0 Å². The molecule has 1 saturated heterocycles. The molecule has 1 saturated carbocycles. The Kier molecular flexibility index (Phi) is 5.78. The smallest absolute Gasteiger partial charge is 0.391 e. The minimum absolute atomic E-state index is 0.00217. The number of halogens is 3. The van der Waals surface area contributed by atoms with E-state index in [1.54, 1.807) is 0 Å². The summed E-state index contributed by atoms with van der Waals surface area (Å²) < 4.78 is 43.8. The largest absolute Gasteiger partial charge is 0.481 e. The van der Waals surface area contributed by atoms with Crippen LogP contribution in [0.5, 0.6) is 0 Å². The van der Waals surface area contributed by atoms with Crippen molar-refractivity contribution in [2.24, 2.45) is 17.3 Å². The molecular weight excluding hydrogens is 327 g/mol. The molecule has 0 spiro atoms. The number of carbonyl (C=O) groups is 2. The van der Waals surface area contributed by atoms with Crippen LogP contribution in [0, 0.1) is 17.3 Å². The van der Waals surface area contributed by atoms with Gasteiger partial charge in [0.2, 0.25) is 5.91 Å². The summed E-state index contributed by atoms with van der Waals surface area (Å²) in [6, 6.07) is 0. The summed E-state index contributed by atoms with van der Waals surface area (Å²) in [5.74, 6) is -3.48. The Hall–Kier alpha value is -1.31. The first-order valence-corrected chi connectivity index (χ1v) is 8.27. The molecule has 1 heterocycles. The van der Waals surface area contributed by atoms with Crippen molar-refractivity contribution in [3.05, 3.63) is 0 Å². The quantitative estimate of drug-likeness (QED) is 0.846. The van der Waals surface area contributed by atoms with Crippen LogP contribution in [-0.2, 0) is 14.3 Å². The van der Waals surface area contributed by atoms with Gasteiger partial charge in [-0.15, -0.1) is 0 Å². The van der Waals surface area contributed by atoms with Crippen molar-refractivity contribution in [1.29, 1.82) is 0 Å². The van der Waals surface area contributed by atoms with E-state index in [1.807, 2.05) is 0 Å². The lowest BCUT2D eigenvalue weighted by Crippen LogP contribution is -2.53. The highest BCUT2D eigenvalue weighted by atomic mass is 19.4. The SMILES string of the molecule is COCC1(C(=O)O)CCCN(C(=O)C2CCCC(C(F)(F)F)C2)C1. The maximum atomic E-state index is 12.9. The Balaban J connectivity index is 2.07. The van der Waals surface area contributed by atoms with Crippen molar-refractivity contribution in [3.63, 3.8) is 0 Å². The summed E-state index contributed by atoms with van der Waals surface area (Å²) in [5, 5.41) is 9.51. The van der Waals surface area contributed by atoms with Crippen LogP contribution in [0.3, 0.4) is 0 Å². The molecular formula is C16H24F3NO4. The van der Waals surface area contributed by atoms with Gasteiger partial charge in [0.1, 0.15) is 5.41 Å². The Morgan fingerprint density at radius 2 is 2.00 bits per heavy atom. The van der Waals surface area contributed by atoms with Gasteiger partial charge in [-0.1, -0.05) is 6.42 Å². The van der Waals surface area contributed by atoms with E-state index >= 15 is 0 Å². The lowest BCUT2D eigenvalue weighted by molar-refractivity contribution is -0.187. The molecule has 0 aromatic rings. The van der Waals surface area contributed by atoms with E-state index in [-0.39, 0.29) is 31.9 Å². The van der Waals surface area contributed by atoms with Crippen molar-refractivity contribution in [2.75, 3.05) is 26.8 Å². The van der Waals surface area contributed by atoms with Crippen molar-refractivity contribution < 1.29 is 32.6 Å². The first-order valence-electron chi connectivity index (χ1n) is 8.27. The number of carboxylic acid groups (broad SMARTS) is 1. The molecule has 0 aromatic heterocycles. The highest BCUT2D eigenvalue weighted by Crippen LogP contribution is 2.41. The lowest BCUT2D eigenvalue weighted by atomic mass is 9.77. The number of amides is 1. The highest BCUT2D eigenvalue weighted by molar-refractivity contribution is 5.81. The van der Waals surface area contributed by atoms with Gasteiger partial charge in [0, 0.05) is 26.1 Å². The number of carbonyl (C=O) groups excluding carboxylic acids is 1. The molecule has 2 rings (SSSR count). The molecule has 0 radical (unpaired) electrons. The van der Waals surface area contributed by atoms with Crippen LogP contribution in [0.2, 0.25) is 0 Å². The molecule has 3 atom stereocenters. The van der Waals surface area contributed by atoms with Crippen LogP contribution in [0.4, 0.5) is 13.2 Å². The normalized spacial score (nSPS) is 31.8. The molecule has 2 fully saturated rings. The predicted octanol–water partition coefficient (Wildman–Crippen LogP) is 2.69. The third-order valence-corrected chi connectivity index (χ3v) is 5.25. The van der Waals surface area contributed by atoms with Gasteiger partial charge in [0.05, 0.1) is 12.5 Å². The Labute approximate surface area is 139 Å². The molecule has 24 heavy (non-hydrogen) atoms. The molecule has 1 aliphatic carbocycles. The number of piperidine rings is 1. The fourth-order valence-corrected chi connectivity index (χ4v) is 3.92. The number of methoxy groups -OCH3 is 1. The lowest BCUT2D eigenvalue weighted by Gasteiger charge is -2.41. The summed E-state index contributed by atoms with van der Waals surface area (Å²) >= 11 is 0. The average molecular weight is 351 g/mol. The zero-order chi connectivity index (χ0) is 18.0. The van der Waals surface area contributed by atoms with Crippen LogP contribution < -0.4 is 0 Å². The molecule has 3 unspecified atom stereocenters. The number of hydrogen-bond donors (Lipinski definition) is 1. The van der Waals surface area contributed by atoms with Gasteiger partial charge >= 0.3 is 12.1 Å². The van der Waals surface area contributed by atoms with E-state index in [9.17, 15) is 27.9 Å². The molecule has 138 valence electrons. The van der Waals surface area contributed by atoms with Crippen LogP contribution in [0.15, 0.2) is 0 Å². The minimum atomic E-state index is -4.28. The number of ether oxygens (including phenoxy) is 1. The molecule has 2 aliphatic rings. The number of likely N-dealkylation sites (tertiary alicyclic amines) is 1. The topological polar surface area (TPSA) is 66.8 Å². The number of aliphatic carboxylic acids is 1. The summed E-state index contributed by atoms with van der Waals surface area (Å²) in [5.41, 5.74) is -1.17. The van der Waals surface area contributed by atoms with Gasteiger partial charge in [-0.05, 0) is 32.1 Å². The summed E-state index contributed by atoms with van der Waals surface area (Å²) in [7, 11) is 1.40.